The maximum Gasteiger partial charge on any atom is 0.255 e. The highest BCUT2D eigenvalue weighted by atomic mass is 35.5. The highest BCUT2D eigenvalue weighted by Gasteiger charge is 2.32. The van der Waals surface area contributed by atoms with E-state index in [4.69, 9.17) is 31.5 Å². The van der Waals surface area contributed by atoms with Gasteiger partial charge in [-0.3, -0.25) is 14.5 Å². The third-order valence-electron chi connectivity index (χ3n) is 6.92. The molecule has 3 aliphatic heterocycles. The van der Waals surface area contributed by atoms with Crippen LogP contribution in [0.4, 0.5) is 5.69 Å². The van der Waals surface area contributed by atoms with Gasteiger partial charge >= 0.3 is 0 Å². The molecule has 3 heterocycles. The molecule has 0 radical (unpaired) electrons. The summed E-state index contributed by atoms with van der Waals surface area (Å²) in [6, 6.07) is 3.07. The zero-order valence-electron chi connectivity index (χ0n) is 19.8. The van der Waals surface area contributed by atoms with Crippen LogP contribution in [0.15, 0.2) is 12.1 Å². The average molecular weight is 495 g/mol. The normalized spacial score (nSPS) is 24.2. The first-order chi connectivity index (χ1) is 16.4. The predicted octanol–water partition coefficient (Wildman–Crippen LogP) is 1.78. The summed E-state index contributed by atoms with van der Waals surface area (Å²) in [7, 11) is 1.49. The molecule has 3 saturated heterocycles. The van der Waals surface area contributed by atoms with E-state index in [1.165, 1.54) is 13.2 Å². The molecule has 0 saturated carbocycles. The van der Waals surface area contributed by atoms with Crippen molar-refractivity contribution in [2.45, 2.75) is 37.9 Å². The number of methoxy groups -OCH3 is 1. The summed E-state index contributed by atoms with van der Waals surface area (Å²) in [5.41, 5.74) is 6.52. The first kappa shape index (κ1) is 25.0. The minimum atomic E-state index is -0.275. The van der Waals surface area contributed by atoms with Crippen molar-refractivity contribution in [2.24, 2.45) is 5.92 Å². The molecule has 1 aromatic carbocycles. The fraction of sp³-hybridized carbons (Fsp3) is 0.667. The van der Waals surface area contributed by atoms with Crippen molar-refractivity contribution in [3.8, 4) is 5.75 Å². The van der Waals surface area contributed by atoms with E-state index in [1.54, 1.807) is 6.07 Å². The molecular formula is C24H35ClN4O5. The van der Waals surface area contributed by atoms with Gasteiger partial charge in [-0.15, -0.1) is 0 Å². The van der Waals surface area contributed by atoms with Crippen LogP contribution in [0, 0.1) is 5.92 Å². The van der Waals surface area contributed by atoms with E-state index in [2.05, 4.69) is 10.2 Å². The summed E-state index contributed by atoms with van der Waals surface area (Å²) >= 11 is 6.09. The van der Waals surface area contributed by atoms with Gasteiger partial charge in [0.15, 0.2) is 0 Å². The van der Waals surface area contributed by atoms with Crippen molar-refractivity contribution in [1.29, 1.82) is 0 Å². The Morgan fingerprint density at radius 2 is 1.97 bits per heavy atom. The van der Waals surface area contributed by atoms with E-state index in [9.17, 15) is 9.59 Å². The van der Waals surface area contributed by atoms with Crippen LogP contribution in [0.2, 0.25) is 5.02 Å². The zero-order valence-corrected chi connectivity index (χ0v) is 20.5. The molecule has 3 fully saturated rings. The van der Waals surface area contributed by atoms with Crippen molar-refractivity contribution < 1.29 is 23.8 Å². The first-order valence-electron chi connectivity index (χ1n) is 12.1. The molecule has 4 rings (SSSR count). The summed E-state index contributed by atoms with van der Waals surface area (Å²) in [5, 5.41) is 3.25. The number of benzene rings is 1. The lowest BCUT2D eigenvalue weighted by molar-refractivity contribution is -0.142. The quantitative estimate of drug-likeness (QED) is 0.556. The van der Waals surface area contributed by atoms with E-state index in [0.717, 1.165) is 58.4 Å². The second-order valence-electron chi connectivity index (χ2n) is 9.31. The average Bonchev–Trinajstić information content (AvgIpc) is 3.39. The number of morpholine rings is 1. The highest BCUT2D eigenvalue weighted by Crippen LogP contribution is 2.29. The largest absolute Gasteiger partial charge is 0.496 e. The number of rotatable bonds is 7. The minimum absolute atomic E-state index is 0.0888. The lowest BCUT2D eigenvalue weighted by Crippen LogP contribution is -2.50. The predicted molar refractivity (Wildman–Crippen MR) is 129 cm³/mol. The molecule has 0 aliphatic carbocycles. The lowest BCUT2D eigenvalue weighted by Gasteiger charge is -2.38. The molecule has 188 valence electrons. The highest BCUT2D eigenvalue weighted by molar-refractivity contribution is 6.33. The number of nitrogen functional groups attached to an aromatic ring is 1. The van der Waals surface area contributed by atoms with Crippen LogP contribution in [-0.2, 0) is 14.3 Å². The zero-order chi connectivity index (χ0) is 24.1. The van der Waals surface area contributed by atoms with Crippen molar-refractivity contribution >= 4 is 29.1 Å². The topological polar surface area (TPSA) is 106 Å². The Kier molecular flexibility index (Phi) is 8.52. The number of amides is 2. The van der Waals surface area contributed by atoms with Gasteiger partial charge in [-0.25, -0.2) is 0 Å². The number of likely N-dealkylation sites (tertiary alicyclic amines) is 1. The SMILES string of the molecule is COc1cc(N)c(Cl)cc1C(=O)NCC1CN(CC2CCN(C(=O)[C@@H]3CCCO3)CC2)CCO1. The number of carbonyl (C=O) groups excluding carboxylic acids is 2. The van der Waals surface area contributed by atoms with Crippen LogP contribution < -0.4 is 15.8 Å². The second kappa shape index (κ2) is 11.6. The van der Waals surface area contributed by atoms with Crippen LogP contribution in [0.25, 0.3) is 0 Å². The second-order valence-corrected chi connectivity index (χ2v) is 9.71. The Morgan fingerprint density at radius 1 is 1.18 bits per heavy atom. The van der Waals surface area contributed by atoms with Gasteiger partial charge < -0.3 is 30.2 Å². The standard InChI is InChI=1S/C24H35ClN4O5/c1-32-22-12-20(26)19(25)11-18(22)23(30)27-13-17-15-28(8-10-33-17)14-16-4-6-29(7-5-16)24(31)21-3-2-9-34-21/h11-12,16-17,21H,2-10,13-15,26H2,1H3,(H,27,30)/t17?,21-/m0/s1. The number of piperidine rings is 1. The molecule has 3 N–H and O–H groups in total. The Hall–Kier alpha value is -2.07. The number of ether oxygens (including phenoxy) is 3. The maximum atomic E-state index is 12.7. The van der Waals surface area contributed by atoms with Crippen molar-refractivity contribution in [3.63, 3.8) is 0 Å². The van der Waals surface area contributed by atoms with Gasteiger partial charge in [0.2, 0.25) is 0 Å². The summed E-state index contributed by atoms with van der Waals surface area (Å²) in [4.78, 5) is 29.7. The van der Waals surface area contributed by atoms with Crippen LogP contribution >= 0.6 is 11.6 Å². The Balaban J connectivity index is 1.22. The number of anilines is 1. The fourth-order valence-electron chi connectivity index (χ4n) is 4.96. The number of nitrogens with two attached hydrogens (primary N) is 1. The van der Waals surface area contributed by atoms with Crippen molar-refractivity contribution in [1.82, 2.24) is 15.1 Å². The Morgan fingerprint density at radius 3 is 2.68 bits per heavy atom. The van der Waals surface area contributed by atoms with Gasteiger partial charge in [-0.05, 0) is 37.7 Å². The minimum Gasteiger partial charge on any atom is -0.496 e. The molecule has 1 aromatic rings. The lowest BCUT2D eigenvalue weighted by atomic mass is 9.95. The number of hydrogen-bond acceptors (Lipinski definition) is 7. The smallest absolute Gasteiger partial charge is 0.255 e. The third kappa shape index (κ3) is 6.13. The third-order valence-corrected chi connectivity index (χ3v) is 7.25. The Bertz CT molecular complexity index is 871. The number of nitrogens with zero attached hydrogens (tertiary/aromatic N) is 2. The molecule has 2 atom stereocenters. The van der Waals surface area contributed by atoms with Crippen LogP contribution in [0.3, 0.4) is 0 Å². The molecule has 3 aliphatic rings. The van der Waals surface area contributed by atoms with Gasteiger partial charge in [-0.1, -0.05) is 11.6 Å². The fourth-order valence-corrected chi connectivity index (χ4v) is 5.13. The molecular weight excluding hydrogens is 460 g/mol. The van der Waals surface area contributed by atoms with E-state index in [1.807, 2.05) is 4.90 Å². The van der Waals surface area contributed by atoms with Gasteiger partial charge in [0.1, 0.15) is 11.9 Å². The maximum absolute atomic E-state index is 12.7. The molecule has 0 aromatic heterocycles. The van der Waals surface area contributed by atoms with Gasteiger partial charge in [0.05, 0.1) is 36.1 Å². The van der Waals surface area contributed by atoms with Gasteiger partial charge in [0.25, 0.3) is 11.8 Å². The van der Waals surface area contributed by atoms with Crippen LogP contribution in [-0.4, -0.2) is 93.4 Å². The van der Waals surface area contributed by atoms with Gasteiger partial charge in [-0.2, -0.15) is 0 Å². The summed E-state index contributed by atoms with van der Waals surface area (Å²) < 4.78 is 16.7. The monoisotopic (exact) mass is 494 g/mol. The first-order valence-corrected chi connectivity index (χ1v) is 12.5. The summed E-state index contributed by atoms with van der Waals surface area (Å²) in [6.45, 7) is 5.96. The molecule has 1 unspecified atom stereocenters. The van der Waals surface area contributed by atoms with E-state index in [0.29, 0.717) is 47.7 Å². The van der Waals surface area contributed by atoms with Crippen LogP contribution in [0.1, 0.15) is 36.0 Å². The van der Waals surface area contributed by atoms with E-state index in [-0.39, 0.29) is 24.0 Å². The molecule has 2 amide bonds. The molecule has 10 heteroatoms. The molecule has 0 bridgehead atoms. The van der Waals surface area contributed by atoms with Crippen molar-refractivity contribution in [3.05, 3.63) is 22.7 Å². The number of nitrogens with one attached hydrogen (secondary N) is 1. The molecule has 34 heavy (non-hydrogen) atoms. The van der Waals surface area contributed by atoms with Gasteiger partial charge in [0, 0.05) is 51.9 Å². The molecule has 9 nitrogen and oxygen atoms in total. The molecule has 0 spiro atoms. The van der Waals surface area contributed by atoms with E-state index < -0.39 is 0 Å². The van der Waals surface area contributed by atoms with Crippen molar-refractivity contribution in [2.75, 3.05) is 65.3 Å². The number of halogens is 1. The summed E-state index contributed by atoms with van der Waals surface area (Å²) in [6.07, 6.45) is 3.53. The number of carbonyl (C=O) groups is 2. The van der Waals surface area contributed by atoms with E-state index >= 15 is 0 Å². The van der Waals surface area contributed by atoms with Crippen LogP contribution in [0.5, 0.6) is 5.75 Å². The Labute approximate surface area is 205 Å². The summed E-state index contributed by atoms with van der Waals surface area (Å²) in [5.74, 6) is 0.831. The number of hydrogen-bond donors (Lipinski definition) is 2.